The van der Waals surface area contributed by atoms with Crippen molar-refractivity contribution in [1.82, 2.24) is 14.8 Å². The first-order valence-corrected chi connectivity index (χ1v) is 6.61. The van der Waals surface area contributed by atoms with E-state index in [1.165, 1.54) is 6.07 Å². The van der Waals surface area contributed by atoms with Crippen LogP contribution in [0.3, 0.4) is 0 Å². The van der Waals surface area contributed by atoms with Gasteiger partial charge in [0.1, 0.15) is 15.5 Å². The number of aromatic nitrogens is 3. The van der Waals surface area contributed by atoms with Crippen molar-refractivity contribution in [2.75, 3.05) is 0 Å². The molecule has 11 heteroatoms. The zero-order chi connectivity index (χ0) is 16.0. The molecular formula is C10H3BrCl2F5N3. The summed E-state index contributed by atoms with van der Waals surface area (Å²) >= 11 is 14.3. The second-order valence-electron chi connectivity index (χ2n) is 3.79. The van der Waals surface area contributed by atoms with Crippen LogP contribution in [0, 0.1) is 0 Å². The van der Waals surface area contributed by atoms with E-state index in [2.05, 4.69) is 26.0 Å². The molecular weight excluding hydrogens is 408 g/mol. The lowest BCUT2D eigenvalue weighted by molar-refractivity contribution is -0.291. The molecule has 2 aromatic heterocycles. The van der Waals surface area contributed by atoms with Crippen LogP contribution in [0.4, 0.5) is 22.0 Å². The fraction of sp³-hybridized carbons (Fsp3) is 0.200. The second-order valence-corrected chi connectivity index (χ2v) is 5.40. The molecule has 0 aromatic carbocycles. The van der Waals surface area contributed by atoms with Crippen molar-refractivity contribution in [2.24, 2.45) is 0 Å². The first-order valence-electron chi connectivity index (χ1n) is 5.06. The Hall–Kier alpha value is -0.930. The van der Waals surface area contributed by atoms with Gasteiger partial charge in [0.2, 0.25) is 0 Å². The molecule has 2 aromatic rings. The molecule has 0 saturated heterocycles. The van der Waals surface area contributed by atoms with Crippen LogP contribution in [0.5, 0.6) is 0 Å². The Bertz CT molecular complexity index is 686. The van der Waals surface area contributed by atoms with E-state index in [1.807, 2.05) is 0 Å². The summed E-state index contributed by atoms with van der Waals surface area (Å²) in [4.78, 5) is 3.64. The minimum absolute atomic E-state index is 0.00719. The van der Waals surface area contributed by atoms with Gasteiger partial charge in [-0.3, -0.25) is 0 Å². The summed E-state index contributed by atoms with van der Waals surface area (Å²) in [6, 6.07) is 1.73. The molecule has 0 atom stereocenters. The number of halogens is 8. The molecule has 0 aliphatic rings. The van der Waals surface area contributed by atoms with Crippen LogP contribution in [0.2, 0.25) is 10.2 Å². The molecule has 0 aliphatic carbocycles. The van der Waals surface area contributed by atoms with Crippen LogP contribution < -0.4 is 0 Å². The largest absolute Gasteiger partial charge is 0.459 e. The molecule has 0 fully saturated rings. The third kappa shape index (κ3) is 3.00. The van der Waals surface area contributed by atoms with E-state index in [9.17, 15) is 22.0 Å². The van der Waals surface area contributed by atoms with Gasteiger partial charge >= 0.3 is 12.1 Å². The Morgan fingerprint density at radius 1 is 1.10 bits per heavy atom. The molecule has 3 nitrogen and oxygen atoms in total. The van der Waals surface area contributed by atoms with E-state index in [0.29, 0.717) is 6.07 Å². The van der Waals surface area contributed by atoms with E-state index >= 15 is 0 Å². The fourth-order valence-electron chi connectivity index (χ4n) is 1.39. The van der Waals surface area contributed by atoms with Crippen LogP contribution in [-0.4, -0.2) is 20.9 Å². The standard InChI is InChI=1S/C10H3BrCl2F5N3/c11-7-2-6(9(14,15)10(16,17)18)20-21(7)5-1-8(13)19-3-4(5)12/h1-3H. The van der Waals surface area contributed by atoms with E-state index < -0.39 is 17.8 Å². The van der Waals surface area contributed by atoms with Crippen LogP contribution in [0.15, 0.2) is 22.9 Å². The van der Waals surface area contributed by atoms with Crippen molar-refractivity contribution in [3.8, 4) is 5.69 Å². The van der Waals surface area contributed by atoms with Crippen molar-refractivity contribution in [3.05, 3.63) is 38.8 Å². The lowest BCUT2D eigenvalue weighted by Crippen LogP contribution is -2.34. The van der Waals surface area contributed by atoms with Gasteiger partial charge in [-0.1, -0.05) is 23.2 Å². The van der Waals surface area contributed by atoms with Crippen LogP contribution in [-0.2, 0) is 5.92 Å². The number of hydrogen-bond acceptors (Lipinski definition) is 2. The van der Waals surface area contributed by atoms with Gasteiger partial charge in [-0.25, -0.2) is 9.67 Å². The van der Waals surface area contributed by atoms with E-state index in [1.54, 1.807) is 0 Å². The highest BCUT2D eigenvalue weighted by Gasteiger charge is 2.60. The molecule has 0 bridgehead atoms. The Balaban J connectivity index is 2.57. The Morgan fingerprint density at radius 2 is 1.71 bits per heavy atom. The van der Waals surface area contributed by atoms with Crippen molar-refractivity contribution >= 4 is 39.1 Å². The molecule has 21 heavy (non-hydrogen) atoms. The van der Waals surface area contributed by atoms with Gasteiger partial charge in [-0.2, -0.15) is 27.1 Å². The minimum atomic E-state index is -5.76. The molecule has 0 N–H and O–H groups in total. The van der Waals surface area contributed by atoms with Crippen LogP contribution in [0.1, 0.15) is 5.69 Å². The maximum Gasteiger partial charge on any atom is 0.459 e. The van der Waals surface area contributed by atoms with Crippen molar-refractivity contribution in [3.63, 3.8) is 0 Å². The summed E-state index contributed by atoms with van der Waals surface area (Å²) in [6.45, 7) is 0. The molecule has 2 rings (SSSR count). The molecule has 114 valence electrons. The summed E-state index contributed by atoms with van der Waals surface area (Å²) < 4.78 is 64.1. The Morgan fingerprint density at radius 3 is 2.29 bits per heavy atom. The van der Waals surface area contributed by atoms with E-state index in [0.717, 1.165) is 10.9 Å². The summed E-state index contributed by atoms with van der Waals surface area (Å²) in [6.07, 6.45) is -4.64. The lowest BCUT2D eigenvalue weighted by Gasteiger charge is -2.16. The Kier molecular flexibility index (Phi) is 4.20. The quantitative estimate of drug-likeness (QED) is 0.515. The number of alkyl halides is 5. The van der Waals surface area contributed by atoms with E-state index in [-0.39, 0.29) is 20.5 Å². The molecule has 0 amide bonds. The van der Waals surface area contributed by atoms with Gasteiger partial charge in [-0.15, -0.1) is 0 Å². The average Bonchev–Trinajstić information content (AvgIpc) is 2.73. The van der Waals surface area contributed by atoms with Crippen molar-refractivity contribution in [1.29, 1.82) is 0 Å². The van der Waals surface area contributed by atoms with E-state index in [4.69, 9.17) is 23.2 Å². The van der Waals surface area contributed by atoms with Gasteiger partial charge in [0.15, 0.2) is 0 Å². The summed E-state index contributed by atoms with van der Waals surface area (Å²) in [5, 5.41) is 3.20. The summed E-state index contributed by atoms with van der Waals surface area (Å²) in [5.74, 6) is -5.09. The second kappa shape index (κ2) is 5.36. The summed E-state index contributed by atoms with van der Waals surface area (Å²) in [7, 11) is 0. The smallest absolute Gasteiger partial charge is 0.243 e. The van der Waals surface area contributed by atoms with Gasteiger partial charge in [0, 0.05) is 18.3 Å². The topological polar surface area (TPSA) is 30.7 Å². The van der Waals surface area contributed by atoms with Crippen LogP contribution >= 0.6 is 39.1 Å². The zero-order valence-electron chi connectivity index (χ0n) is 9.60. The molecule has 0 radical (unpaired) electrons. The molecule has 2 heterocycles. The number of hydrogen-bond donors (Lipinski definition) is 0. The average molecular weight is 411 g/mol. The minimum Gasteiger partial charge on any atom is -0.243 e. The lowest BCUT2D eigenvalue weighted by atomic mass is 10.2. The maximum absolute atomic E-state index is 13.3. The van der Waals surface area contributed by atoms with Gasteiger partial charge in [-0.05, 0) is 15.9 Å². The SMILES string of the molecule is FC(F)(F)C(F)(F)c1cc(Br)n(-c2cc(Cl)ncc2Cl)n1. The first kappa shape index (κ1) is 16.4. The van der Waals surface area contributed by atoms with Gasteiger partial charge in [0.25, 0.3) is 0 Å². The molecule has 0 saturated carbocycles. The monoisotopic (exact) mass is 409 g/mol. The zero-order valence-corrected chi connectivity index (χ0v) is 12.7. The third-order valence-corrected chi connectivity index (χ3v) is 3.44. The van der Waals surface area contributed by atoms with Gasteiger partial charge < -0.3 is 0 Å². The molecule has 0 aliphatic heterocycles. The normalized spacial score (nSPS) is 12.8. The molecule has 0 unspecified atom stereocenters. The number of rotatable bonds is 2. The highest BCUT2D eigenvalue weighted by Crippen LogP contribution is 2.44. The highest BCUT2D eigenvalue weighted by atomic mass is 79.9. The first-order chi connectivity index (χ1) is 9.54. The predicted molar refractivity (Wildman–Crippen MR) is 69.0 cm³/mol. The number of nitrogens with zero attached hydrogens (tertiary/aromatic N) is 3. The van der Waals surface area contributed by atoms with Crippen LogP contribution in [0.25, 0.3) is 5.69 Å². The van der Waals surface area contributed by atoms with Crippen molar-refractivity contribution < 1.29 is 22.0 Å². The Labute approximate surface area is 132 Å². The highest BCUT2D eigenvalue weighted by molar-refractivity contribution is 9.10. The fourth-order valence-corrected chi connectivity index (χ4v) is 2.21. The van der Waals surface area contributed by atoms with Gasteiger partial charge in [0.05, 0.1) is 10.7 Å². The number of pyridine rings is 1. The maximum atomic E-state index is 13.3. The molecule has 0 spiro atoms. The third-order valence-electron chi connectivity index (χ3n) is 2.37. The van der Waals surface area contributed by atoms with Crippen molar-refractivity contribution in [2.45, 2.75) is 12.1 Å². The summed E-state index contributed by atoms with van der Waals surface area (Å²) in [5.41, 5.74) is -1.46. The predicted octanol–water partition coefficient (Wildman–Crippen LogP) is 4.99.